The molecule has 0 N–H and O–H groups in total. The lowest BCUT2D eigenvalue weighted by Gasteiger charge is -2.25. The fourth-order valence-electron chi connectivity index (χ4n) is 4.86. The lowest BCUT2D eigenvalue weighted by Crippen LogP contribution is -2.09. The van der Waals surface area contributed by atoms with E-state index in [2.05, 4.69) is 168 Å². The molecule has 0 bridgehead atoms. The van der Waals surface area contributed by atoms with Gasteiger partial charge in [-0.1, -0.05) is 109 Å². The number of anilines is 6. The Balaban J connectivity index is 1.22. The van der Waals surface area contributed by atoms with E-state index in [1.807, 2.05) is 24.3 Å². The number of hydrogen-bond donors (Lipinski definition) is 0. The van der Waals surface area contributed by atoms with Crippen molar-refractivity contribution in [2.24, 2.45) is 0 Å². The van der Waals surface area contributed by atoms with Crippen molar-refractivity contribution in [3.05, 3.63) is 181 Å². The summed E-state index contributed by atoms with van der Waals surface area (Å²) in [6, 6.07) is 59.3. The van der Waals surface area contributed by atoms with Crippen molar-refractivity contribution in [2.75, 3.05) is 9.80 Å². The van der Waals surface area contributed by atoms with Crippen LogP contribution in [0.25, 0.3) is 12.2 Å². The summed E-state index contributed by atoms with van der Waals surface area (Å²) < 4.78 is 0. The quantitative estimate of drug-likeness (QED) is 0.186. The number of hydrogen-bond acceptors (Lipinski definition) is 2. The van der Waals surface area contributed by atoms with Gasteiger partial charge in [-0.3, -0.25) is 0 Å². The smallest absolute Gasteiger partial charge is 0.0462 e. The predicted octanol–water partition coefficient (Wildman–Crippen LogP) is 10.8. The van der Waals surface area contributed by atoms with E-state index in [-0.39, 0.29) is 0 Å². The van der Waals surface area contributed by atoms with E-state index in [1.54, 1.807) is 0 Å². The summed E-state index contributed by atoms with van der Waals surface area (Å²) in [5.74, 6) is 0. The molecule has 40 heavy (non-hydrogen) atoms. The monoisotopic (exact) mass is 514 g/mol. The van der Waals surface area contributed by atoms with E-state index in [9.17, 15) is 0 Å². The van der Waals surface area contributed by atoms with Crippen molar-refractivity contribution in [1.29, 1.82) is 0 Å². The largest absolute Gasteiger partial charge is 0.311 e. The van der Waals surface area contributed by atoms with Crippen molar-refractivity contribution >= 4 is 46.3 Å². The standard InChI is InChI=1S/C38H30N2/c1-5-13-33(14-6-1)39(34-15-7-2-8-16-34)37-27-23-31(24-28-37)21-22-32-25-29-38(30-26-32)40(35-17-9-3-10-18-35)36-19-11-4-12-20-36/h1-30H. The molecular formula is C38H30N2. The first kappa shape index (κ1) is 25.0. The molecule has 2 heteroatoms. The fraction of sp³-hybridized carbons (Fsp3) is 0. The zero-order valence-electron chi connectivity index (χ0n) is 22.2. The summed E-state index contributed by atoms with van der Waals surface area (Å²) in [5.41, 5.74) is 9.11. The first-order chi connectivity index (χ1) is 19.8. The summed E-state index contributed by atoms with van der Waals surface area (Å²) >= 11 is 0. The third kappa shape index (κ3) is 5.72. The fourth-order valence-corrected chi connectivity index (χ4v) is 4.86. The molecule has 0 aromatic heterocycles. The third-order valence-electron chi connectivity index (χ3n) is 6.83. The zero-order valence-corrected chi connectivity index (χ0v) is 22.2. The molecule has 0 atom stereocenters. The van der Waals surface area contributed by atoms with Crippen LogP contribution in [0.1, 0.15) is 11.1 Å². The summed E-state index contributed by atoms with van der Waals surface area (Å²) in [4.78, 5) is 4.55. The normalized spacial score (nSPS) is 10.9. The van der Waals surface area contributed by atoms with Crippen LogP contribution < -0.4 is 9.80 Å². The van der Waals surface area contributed by atoms with E-state index in [4.69, 9.17) is 0 Å². The Bertz CT molecular complexity index is 1440. The SMILES string of the molecule is C(=Cc1ccc(N(c2ccccc2)c2ccccc2)cc1)c1ccc(N(c2ccccc2)c2ccccc2)cc1. The summed E-state index contributed by atoms with van der Waals surface area (Å²) in [6.45, 7) is 0. The van der Waals surface area contributed by atoms with Crippen LogP contribution in [0.15, 0.2) is 170 Å². The molecular weight excluding hydrogens is 484 g/mol. The van der Waals surface area contributed by atoms with Crippen LogP contribution in [0.4, 0.5) is 34.1 Å². The molecule has 0 saturated carbocycles. The maximum Gasteiger partial charge on any atom is 0.0462 e. The molecule has 6 aromatic carbocycles. The van der Waals surface area contributed by atoms with Gasteiger partial charge in [-0.05, 0) is 83.9 Å². The average Bonchev–Trinajstić information content (AvgIpc) is 3.04. The predicted molar refractivity (Wildman–Crippen MR) is 171 cm³/mol. The second-order valence-electron chi connectivity index (χ2n) is 9.53. The average molecular weight is 515 g/mol. The number of benzene rings is 6. The Morgan fingerprint density at radius 1 is 0.250 bits per heavy atom. The minimum absolute atomic E-state index is 1.13. The Morgan fingerprint density at radius 2 is 0.475 bits per heavy atom. The van der Waals surface area contributed by atoms with Gasteiger partial charge in [-0.15, -0.1) is 0 Å². The lowest BCUT2D eigenvalue weighted by atomic mass is 10.1. The van der Waals surface area contributed by atoms with Gasteiger partial charge in [0, 0.05) is 34.1 Å². The van der Waals surface area contributed by atoms with Crippen LogP contribution in [-0.4, -0.2) is 0 Å². The molecule has 0 heterocycles. The zero-order chi connectivity index (χ0) is 27.0. The molecule has 0 radical (unpaired) electrons. The molecule has 192 valence electrons. The van der Waals surface area contributed by atoms with E-state index >= 15 is 0 Å². The Labute approximate surface area is 236 Å². The highest BCUT2D eigenvalue weighted by molar-refractivity contribution is 5.80. The molecule has 0 amide bonds. The van der Waals surface area contributed by atoms with Gasteiger partial charge in [0.2, 0.25) is 0 Å². The maximum absolute atomic E-state index is 2.28. The topological polar surface area (TPSA) is 6.48 Å². The second kappa shape index (κ2) is 12.0. The third-order valence-corrected chi connectivity index (χ3v) is 6.83. The molecule has 0 aliphatic rings. The second-order valence-corrected chi connectivity index (χ2v) is 9.53. The molecule has 0 spiro atoms. The summed E-state index contributed by atoms with van der Waals surface area (Å²) in [7, 11) is 0. The van der Waals surface area contributed by atoms with E-state index in [1.165, 1.54) is 0 Å². The van der Waals surface area contributed by atoms with Crippen LogP contribution >= 0.6 is 0 Å². The van der Waals surface area contributed by atoms with Gasteiger partial charge in [0.15, 0.2) is 0 Å². The number of rotatable bonds is 8. The summed E-state index contributed by atoms with van der Waals surface area (Å²) in [5, 5.41) is 0. The van der Waals surface area contributed by atoms with E-state index < -0.39 is 0 Å². The van der Waals surface area contributed by atoms with Crippen LogP contribution in [-0.2, 0) is 0 Å². The van der Waals surface area contributed by atoms with E-state index in [0.29, 0.717) is 0 Å². The summed E-state index contributed by atoms with van der Waals surface area (Å²) in [6.07, 6.45) is 4.33. The van der Waals surface area contributed by atoms with Crippen LogP contribution in [0.3, 0.4) is 0 Å². The van der Waals surface area contributed by atoms with Gasteiger partial charge in [0.25, 0.3) is 0 Å². The molecule has 0 aliphatic heterocycles. The Kier molecular flexibility index (Phi) is 7.50. The molecule has 0 saturated heterocycles. The van der Waals surface area contributed by atoms with E-state index in [0.717, 1.165) is 45.3 Å². The van der Waals surface area contributed by atoms with Crippen LogP contribution in [0.2, 0.25) is 0 Å². The lowest BCUT2D eigenvalue weighted by molar-refractivity contribution is 1.28. The first-order valence-corrected chi connectivity index (χ1v) is 13.5. The molecule has 6 rings (SSSR count). The van der Waals surface area contributed by atoms with Gasteiger partial charge in [-0.2, -0.15) is 0 Å². The Hall–Kier alpha value is -5.34. The van der Waals surface area contributed by atoms with Crippen molar-refractivity contribution < 1.29 is 0 Å². The minimum atomic E-state index is 1.13. The molecule has 2 nitrogen and oxygen atoms in total. The molecule has 0 fully saturated rings. The molecule has 0 unspecified atom stereocenters. The molecule has 0 aliphatic carbocycles. The number of nitrogens with zero attached hydrogens (tertiary/aromatic N) is 2. The van der Waals surface area contributed by atoms with Crippen molar-refractivity contribution in [3.63, 3.8) is 0 Å². The van der Waals surface area contributed by atoms with Crippen molar-refractivity contribution in [3.8, 4) is 0 Å². The van der Waals surface area contributed by atoms with Crippen LogP contribution in [0.5, 0.6) is 0 Å². The highest BCUT2D eigenvalue weighted by atomic mass is 15.1. The van der Waals surface area contributed by atoms with Crippen molar-refractivity contribution in [2.45, 2.75) is 0 Å². The Morgan fingerprint density at radius 3 is 0.725 bits per heavy atom. The highest BCUT2D eigenvalue weighted by Gasteiger charge is 2.12. The highest BCUT2D eigenvalue weighted by Crippen LogP contribution is 2.35. The van der Waals surface area contributed by atoms with Crippen molar-refractivity contribution in [1.82, 2.24) is 0 Å². The van der Waals surface area contributed by atoms with Crippen LogP contribution in [0, 0.1) is 0 Å². The minimum Gasteiger partial charge on any atom is -0.311 e. The molecule has 6 aromatic rings. The first-order valence-electron chi connectivity index (χ1n) is 13.5. The van der Waals surface area contributed by atoms with Gasteiger partial charge < -0.3 is 9.80 Å². The van der Waals surface area contributed by atoms with Gasteiger partial charge in [-0.25, -0.2) is 0 Å². The van der Waals surface area contributed by atoms with Gasteiger partial charge >= 0.3 is 0 Å². The number of para-hydroxylation sites is 4. The van der Waals surface area contributed by atoms with Gasteiger partial charge in [0.1, 0.15) is 0 Å². The maximum atomic E-state index is 2.28. The van der Waals surface area contributed by atoms with Gasteiger partial charge in [0.05, 0.1) is 0 Å².